The third kappa shape index (κ3) is 9.60. The summed E-state index contributed by atoms with van der Waals surface area (Å²) >= 11 is 7.00. The largest absolute Gasteiger partial charge is 0.490 e. The van der Waals surface area contributed by atoms with Gasteiger partial charge in [0.1, 0.15) is 47.8 Å². The zero-order valence-corrected chi connectivity index (χ0v) is 34.5. The first kappa shape index (κ1) is 42.8. The van der Waals surface area contributed by atoms with E-state index in [4.69, 9.17) is 25.8 Å². The number of carboxylic acids is 1. The average Bonchev–Trinajstić information content (AvgIpc) is 3.17. The Balaban J connectivity index is 1.50. The second-order valence-corrected chi connectivity index (χ2v) is 16.2. The average molecular weight is 798 g/mol. The second-order valence-electron chi connectivity index (χ2n) is 15.8. The molecule has 1 unspecified atom stereocenters. The second kappa shape index (κ2) is 17.8. The number of benzene rings is 2. The number of piperazine rings is 1. The van der Waals surface area contributed by atoms with Crippen LogP contribution >= 0.6 is 11.6 Å². The minimum Gasteiger partial charge on any atom is -0.490 e. The van der Waals surface area contributed by atoms with Crippen LogP contribution in [0.5, 0.6) is 11.5 Å². The Hall–Kier alpha value is -5.38. The molecule has 1 aliphatic heterocycles. The van der Waals surface area contributed by atoms with Gasteiger partial charge in [-0.1, -0.05) is 74.0 Å². The Morgan fingerprint density at radius 3 is 2.40 bits per heavy atom. The number of aliphatic carboxylic acids is 1. The van der Waals surface area contributed by atoms with Crippen LogP contribution in [-0.4, -0.2) is 93.7 Å². The van der Waals surface area contributed by atoms with Gasteiger partial charge in [0.05, 0.1) is 17.1 Å². The number of halogens is 1. The molecule has 1 fully saturated rings. The lowest BCUT2D eigenvalue weighted by molar-refractivity contribution is -0.146. The van der Waals surface area contributed by atoms with Crippen molar-refractivity contribution in [3.63, 3.8) is 0 Å². The maximum atomic E-state index is 14.6. The summed E-state index contributed by atoms with van der Waals surface area (Å²) in [6.07, 6.45) is 8.38. The van der Waals surface area contributed by atoms with Crippen LogP contribution < -0.4 is 9.47 Å². The molecule has 2 aliphatic rings. The van der Waals surface area contributed by atoms with Crippen molar-refractivity contribution in [1.29, 1.82) is 5.26 Å². The molecule has 0 radical (unpaired) electrons. The maximum absolute atomic E-state index is 14.6. The van der Waals surface area contributed by atoms with Gasteiger partial charge in [0, 0.05) is 67.7 Å². The molecule has 2 aromatic carbocycles. The number of allylic oxidation sites excluding steroid dienone is 3. The van der Waals surface area contributed by atoms with E-state index in [1.807, 2.05) is 67.3 Å². The topological polar surface area (TPSA) is 146 Å². The van der Waals surface area contributed by atoms with Crippen molar-refractivity contribution in [3.8, 4) is 17.6 Å². The van der Waals surface area contributed by atoms with Gasteiger partial charge >= 0.3 is 12.1 Å². The molecule has 13 heteroatoms. The number of rotatable bonds is 13. The first-order chi connectivity index (χ1) is 27.0. The zero-order chi connectivity index (χ0) is 41.5. The quantitative estimate of drug-likeness (QED) is 0.184. The highest BCUT2D eigenvalue weighted by Gasteiger charge is 2.54. The van der Waals surface area contributed by atoms with E-state index in [1.165, 1.54) is 11.1 Å². The zero-order valence-electron chi connectivity index (χ0n) is 33.8. The third-order valence-electron chi connectivity index (χ3n) is 10.6. The van der Waals surface area contributed by atoms with Crippen LogP contribution in [-0.2, 0) is 27.5 Å². The molecule has 5 rings (SSSR count). The van der Waals surface area contributed by atoms with Crippen LogP contribution in [0.4, 0.5) is 4.79 Å². The predicted octanol–water partition coefficient (Wildman–Crippen LogP) is 7.60. The van der Waals surface area contributed by atoms with Crippen molar-refractivity contribution in [3.05, 3.63) is 106 Å². The highest BCUT2D eigenvalue weighted by Crippen LogP contribution is 2.53. The molecular formula is C44H52ClN5O7. The number of amides is 2. The predicted molar refractivity (Wildman–Crippen MR) is 218 cm³/mol. The number of aromatic nitrogens is 1. The van der Waals surface area contributed by atoms with Gasteiger partial charge in [-0.05, 0) is 57.9 Å². The van der Waals surface area contributed by atoms with Crippen molar-refractivity contribution >= 4 is 35.1 Å². The first-order valence-electron chi connectivity index (χ1n) is 19.1. The van der Waals surface area contributed by atoms with Gasteiger partial charge in [-0.25, -0.2) is 4.79 Å². The molecular weight excluding hydrogens is 746 g/mol. The third-order valence-corrected chi connectivity index (χ3v) is 10.9. The van der Waals surface area contributed by atoms with E-state index in [0.29, 0.717) is 35.5 Å². The van der Waals surface area contributed by atoms with Gasteiger partial charge in [-0.3, -0.25) is 19.5 Å². The molecule has 12 nitrogen and oxygen atoms in total. The van der Waals surface area contributed by atoms with E-state index in [0.717, 1.165) is 11.1 Å². The van der Waals surface area contributed by atoms with Crippen LogP contribution in [0.3, 0.4) is 0 Å². The summed E-state index contributed by atoms with van der Waals surface area (Å²) in [6.45, 7) is 14.9. The van der Waals surface area contributed by atoms with Crippen molar-refractivity contribution < 1.29 is 33.7 Å². The van der Waals surface area contributed by atoms with Crippen LogP contribution in [0.25, 0.3) is 5.57 Å². The summed E-state index contributed by atoms with van der Waals surface area (Å²) in [7, 11) is 0. The Morgan fingerprint density at radius 2 is 1.75 bits per heavy atom. The number of pyridine rings is 1. The number of nitrogens with zero attached hydrogens (tertiary/aromatic N) is 5. The van der Waals surface area contributed by atoms with Gasteiger partial charge in [0.2, 0.25) is 5.91 Å². The van der Waals surface area contributed by atoms with Crippen LogP contribution in [0.2, 0.25) is 5.02 Å². The molecule has 302 valence electrons. The van der Waals surface area contributed by atoms with Gasteiger partial charge in [-0.15, -0.1) is 0 Å². The smallest absolute Gasteiger partial charge is 0.410 e. The number of carbonyl (C=O) groups excluding carboxylic acids is 2. The molecule has 1 aromatic heterocycles. The minimum absolute atomic E-state index is 0.0384. The number of carboxylic acid groups (broad SMARTS) is 1. The number of nitriles is 1. The van der Waals surface area contributed by atoms with E-state index < -0.39 is 34.5 Å². The van der Waals surface area contributed by atoms with Gasteiger partial charge in [-0.2, -0.15) is 5.26 Å². The molecule has 0 saturated carbocycles. The molecule has 2 heterocycles. The van der Waals surface area contributed by atoms with Crippen LogP contribution in [0, 0.1) is 22.2 Å². The molecule has 1 saturated heterocycles. The normalized spacial score (nSPS) is 19.2. The van der Waals surface area contributed by atoms with E-state index in [9.17, 15) is 24.8 Å². The SMILES string of the molecule is CCN(CC)C(=O)C1(COc2cc(OCc3cncc(C#N)c3)c(CN3CCN(C(=O)OC(C)(C)C)C[C@H]3C(=O)O)cc2Cl)C=CC=C(c2ccccc2)C1(C)C. The fraction of sp³-hybridized carbons (Fsp3) is 0.432. The summed E-state index contributed by atoms with van der Waals surface area (Å²) in [5.74, 6) is -0.528. The summed E-state index contributed by atoms with van der Waals surface area (Å²) in [6, 6.07) is 16.1. The van der Waals surface area contributed by atoms with Crippen LogP contribution in [0.15, 0.2) is 79.2 Å². The van der Waals surface area contributed by atoms with Crippen LogP contribution in [0.1, 0.15) is 70.7 Å². The van der Waals surface area contributed by atoms with Gasteiger partial charge in [0.15, 0.2) is 0 Å². The maximum Gasteiger partial charge on any atom is 0.410 e. The van der Waals surface area contributed by atoms with Gasteiger partial charge < -0.3 is 29.1 Å². The lowest BCUT2D eigenvalue weighted by Gasteiger charge is -2.48. The summed E-state index contributed by atoms with van der Waals surface area (Å²) in [4.78, 5) is 49.2. The standard InChI is InChI=1S/C44H52ClN5O7/c1-8-48(9-2)40(53)44(17-13-16-34(43(44,6)7)32-14-11-10-12-15-32)29-56-38-22-37(55-28-31-20-30(23-46)24-47-25-31)33(21-35(38)45)26-49-18-19-50(27-36(49)39(51)52)41(54)57-42(3,4)5/h10-17,20-22,24-25,36H,8-9,18-19,26-29H2,1-7H3,(H,51,52)/t36-,44?/m0/s1. The molecule has 1 N–H and O–H groups in total. The number of ether oxygens (including phenoxy) is 3. The first-order valence-corrected chi connectivity index (χ1v) is 19.5. The molecule has 0 spiro atoms. The Labute approximate surface area is 340 Å². The lowest BCUT2D eigenvalue weighted by Crippen LogP contribution is -2.57. The molecule has 2 amide bonds. The molecule has 3 aromatic rings. The van der Waals surface area contributed by atoms with Crippen molar-refractivity contribution in [1.82, 2.24) is 19.7 Å². The summed E-state index contributed by atoms with van der Waals surface area (Å²) < 4.78 is 18.5. The summed E-state index contributed by atoms with van der Waals surface area (Å²) in [5.41, 5.74) is 1.01. The van der Waals surface area contributed by atoms with Gasteiger partial charge in [0.25, 0.3) is 0 Å². The van der Waals surface area contributed by atoms with E-state index in [2.05, 4.69) is 24.9 Å². The molecule has 2 atom stereocenters. The fourth-order valence-electron chi connectivity index (χ4n) is 7.34. The monoisotopic (exact) mass is 797 g/mol. The van der Waals surface area contributed by atoms with E-state index in [1.54, 1.807) is 50.1 Å². The van der Waals surface area contributed by atoms with Crippen molar-refractivity contribution in [2.45, 2.75) is 73.3 Å². The minimum atomic E-state index is -1.13. The van der Waals surface area contributed by atoms with Crippen molar-refractivity contribution in [2.75, 3.05) is 39.3 Å². The number of hydrogen-bond acceptors (Lipinski definition) is 9. The molecule has 1 aliphatic carbocycles. The highest BCUT2D eigenvalue weighted by molar-refractivity contribution is 6.32. The van der Waals surface area contributed by atoms with E-state index in [-0.39, 0.29) is 56.1 Å². The number of hydrogen-bond donors (Lipinski definition) is 1. The Bertz CT molecular complexity index is 2050. The summed E-state index contributed by atoms with van der Waals surface area (Å²) in [5, 5.41) is 20.0. The van der Waals surface area contributed by atoms with E-state index >= 15 is 0 Å². The number of carbonyl (C=O) groups is 3. The highest BCUT2D eigenvalue weighted by atomic mass is 35.5. The Morgan fingerprint density at radius 1 is 1.04 bits per heavy atom. The fourth-order valence-corrected chi connectivity index (χ4v) is 7.58. The lowest BCUT2D eigenvalue weighted by atomic mass is 9.58. The molecule has 0 bridgehead atoms. The Kier molecular flexibility index (Phi) is 13.4. The van der Waals surface area contributed by atoms with Crippen molar-refractivity contribution in [2.24, 2.45) is 10.8 Å². The molecule has 57 heavy (non-hydrogen) atoms.